The first-order valence-electron chi connectivity index (χ1n) is 7.22. The summed E-state index contributed by atoms with van der Waals surface area (Å²) in [6.07, 6.45) is 2.28. The molecule has 1 aromatic rings. The second-order valence-electron chi connectivity index (χ2n) is 6.74. The van der Waals surface area contributed by atoms with Gasteiger partial charge in [0.25, 0.3) is 0 Å². The van der Waals surface area contributed by atoms with Crippen molar-refractivity contribution in [2.75, 3.05) is 7.05 Å². The molecule has 114 valence electrons. The molecule has 1 unspecified atom stereocenters. The molecule has 0 bridgehead atoms. The number of rotatable bonds is 1. The predicted molar refractivity (Wildman–Crippen MR) is 92.9 cm³/mol. The van der Waals surface area contributed by atoms with Crippen molar-refractivity contribution in [2.24, 2.45) is 5.41 Å². The molecule has 1 nitrogen and oxygen atoms in total. The maximum atomic E-state index is 6.48. The summed E-state index contributed by atoms with van der Waals surface area (Å²) in [7, 11) is 2.11. The van der Waals surface area contributed by atoms with E-state index in [0.29, 0.717) is 10.0 Å². The fraction of sp³-hybridized carbons (Fsp3) is 0.444. The van der Waals surface area contributed by atoms with Crippen LogP contribution >= 0.6 is 23.2 Å². The number of allylic oxidation sites excluding steroid dienone is 4. The number of hydrogen-bond donors (Lipinski definition) is 0. The molecule has 0 saturated heterocycles. The monoisotopic (exact) mass is 323 g/mol. The van der Waals surface area contributed by atoms with Gasteiger partial charge in [-0.25, -0.2) is 0 Å². The number of benzene rings is 1. The van der Waals surface area contributed by atoms with Crippen LogP contribution < -0.4 is 0 Å². The molecule has 0 amide bonds. The minimum absolute atomic E-state index is 0.0614. The number of hydrogen-bond acceptors (Lipinski definition) is 1. The van der Waals surface area contributed by atoms with Crippen LogP contribution in [0.15, 0.2) is 41.2 Å². The van der Waals surface area contributed by atoms with Gasteiger partial charge in [-0.05, 0) is 36.5 Å². The molecule has 21 heavy (non-hydrogen) atoms. The highest BCUT2D eigenvalue weighted by atomic mass is 35.5. The van der Waals surface area contributed by atoms with Gasteiger partial charge in [0.15, 0.2) is 0 Å². The van der Waals surface area contributed by atoms with Gasteiger partial charge in [0.2, 0.25) is 0 Å². The zero-order valence-corrected chi connectivity index (χ0v) is 15.1. The molecular formula is C18H23Cl2N. The van der Waals surface area contributed by atoms with E-state index in [1.165, 1.54) is 17.0 Å². The molecular weight excluding hydrogens is 301 g/mol. The summed E-state index contributed by atoms with van der Waals surface area (Å²) in [5.41, 5.74) is 5.07. The molecule has 3 heteroatoms. The lowest BCUT2D eigenvalue weighted by Crippen LogP contribution is -2.28. The second kappa shape index (κ2) is 5.70. The summed E-state index contributed by atoms with van der Waals surface area (Å²) in [5.74, 6) is 0.174. The SMILES string of the molecule is CC1=CC(c2cccc(Cl)c2Cl)C(C(C)(C)C)=C(C)N1C. The van der Waals surface area contributed by atoms with E-state index in [-0.39, 0.29) is 11.3 Å². The molecule has 1 heterocycles. The van der Waals surface area contributed by atoms with Crippen molar-refractivity contribution in [1.29, 1.82) is 0 Å². The molecule has 1 aromatic carbocycles. The number of nitrogens with zero attached hydrogens (tertiary/aromatic N) is 1. The van der Waals surface area contributed by atoms with Crippen molar-refractivity contribution in [2.45, 2.75) is 40.5 Å². The zero-order valence-electron chi connectivity index (χ0n) is 13.6. The van der Waals surface area contributed by atoms with Crippen molar-refractivity contribution in [1.82, 2.24) is 4.90 Å². The van der Waals surface area contributed by atoms with Crippen LogP contribution in [-0.2, 0) is 0 Å². The summed E-state index contributed by atoms with van der Waals surface area (Å²) in [5, 5.41) is 1.28. The van der Waals surface area contributed by atoms with Crippen LogP contribution in [0.1, 0.15) is 46.1 Å². The van der Waals surface area contributed by atoms with E-state index in [2.05, 4.69) is 58.7 Å². The molecule has 0 fully saturated rings. The van der Waals surface area contributed by atoms with Crippen LogP contribution in [0.2, 0.25) is 10.0 Å². The summed E-state index contributed by atoms with van der Waals surface area (Å²) >= 11 is 12.7. The lowest BCUT2D eigenvalue weighted by Gasteiger charge is -2.39. The fourth-order valence-electron chi connectivity index (χ4n) is 3.12. The first-order chi connectivity index (χ1) is 9.64. The van der Waals surface area contributed by atoms with Crippen molar-refractivity contribution in [3.63, 3.8) is 0 Å². The van der Waals surface area contributed by atoms with E-state index in [4.69, 9.17) is 23.2 Å². The average Bonchev–Trinajstić information content (AvgIpc) is 2.37. The first kappa shape index (κ1) is 16.5. The van der Waals surface area contributed by atoms with Crippen molar-refractivity contribution < 1.29 is 0 Å². The highest BCUT2D eigenvalue weighted by Gasteiger charge is 2.33. The van der Waals surface area contributed by atoms with Crippen LogP contribution in [0.3, 0.4) is 0 Å². The van der Waals surface area contributed by atoms with Gasteiger partial charge in [-0.15, -0.1) is 0 Å². The van der Waals surface area contributed by atoms with E-state index < -0.39 is 0 Å². The highest BCUT2D eigenvalue weighted by molar-refractivity contribution is 6.42. The molecule has 1 atom stereocenters. The molecule has 0 aromatic heterocycles. The number of halogens is 2. The van der Waals surface area contributed by atoms with E-state index in [1.807, 2.05) is 12.1 Å². The summed E-state index contributed by atoms with van der Waals surface area (Å²) in [4.78, 5) is 2.25. The van der Waals surface area contributed by atoms with Crippen molar-refractivity contribution >= 4 is 23.2 Å². The smallest absolute Gasteiger partial charge is 0.0633 e. The minimum atomic E-state index is 0.0614. The third-order valence-corrected chi connectivity index (χ3v) is 5.10. The van der Waals surface area contributed by atoms with Gasteiger partial charge in [0.1, 0.15) is 0 Å². The van der Waals surface area contributed by atoms with Gasteiger partial charge >= 0.3 is 0 Å². The molecule has 1 aliphatic heterocycles. The molecule has 0 aliphatic carbocycles. The Morgan fingerprint density at radius 3 is 2.29 bits per heavy atom. The van der Waals surface area contributed by atoms with Crippen LogP contribution in [-0.4, -0.2) is 11.9 Å². The minimum Gasteiger partial charge on any atom is -0.352 e. The molecule has 0 radical (unpaired) electrons. The fourth-order valence-corrected chi connectivity index (χ4v) is 3.55. The largest absolute Gasteiger partial charge is 0.352 e. The Balaban J connectivity index is 2.67. The molecule has 0 spiro atoms. The second-order valence-corrected chi connectivity index (χ2v) is 7.52. The van der Waals surface area contributed by atoms with Crippen molar-refractivity contribution in [3.05, 3.63) is 56.9 Å². The van der Waals surface area contributed by atoms with E-state index >= 15 is 0 Å². The molecule has 1 aliphatic rings. The van der Waals surface area contributed by atoms with Crippen LogP contribution in [0.5, 0.6) is 0 Å². The zero-order chi connectivity index (χ0) is 15.9. The third-order valence-electron chi connectivity index (χ3n) is 4.27. The van der Waals surface area contributed by atoms with Gasteiger partial charge in [0, 0.05) is 24.4 Å². The standard InChI is InChI=1S/C18H23Cl2N/c1-11-10-14(13-8-7-9-15(19)17(13)20)16(18(3,4)5)12(2)21(11)6/h7-10,14H,1-6H3. The topological polar surface area (TPSA) is 3.24 Å². The average molecular weight is 324 g/mol. The Morgan fingerprint density at radius 1 is 1.10 bits per heavy atom. The van der Waals surface area contributed by atoms with Gasteiger partial charge in [0.05, 0.1) is 10.0 Å². The normalized spacial score (nSPS) is 19.9. The highest BCUT2D eigenvalue weighted by Crippen LogP contribution is 2.47. The van der Waals surface area contributed by atoms with E-state index in [1.54, 1.807) is 0 Å². The Labute approximate surface area is 138 Å². The van der Waals surface area contributed by atoms with Gasteiger partial charge < -0.3 is 4.90 Å². The maximum Gasteiger partial charge on any atom is 0.0633 e. The summed E-state index contributed by atoms with van der Waals surface area (Å²) < 4.78 is 0. The van der Waals surface area contributed by atoms with Crippen LogP contribution in [0, 0.1) is 5.41 Å². The molecule has 0 saturated carbocycles. The van der Waals surface area contributed by atoms with E-state index in [9.17, 15) is 0 Å². The third kappa shape index (κ3) is 3.00. The molecule has 0 N–H and O–H groups in total. The summed E-state index contributed by atoms with van der Waals surface area (Å²) in [6.45, 7) is 11.1. The Hall–Kier alpha value is -0.920. The first-order valence-corrected chi connectivity index (χ1v) is 7.97. The quantitative estimate of drug-likeness (QED) is 0.590. The van der Waals surface area contributed by atoms with Gasteiger partial charge in [-0.3, -0.25) is 0 Å². The lowest BCUT2D eigenvalue weighted by atomic mass is 9.73. The lowest BCUT2D eigenvalue weighted by molar-refractivity contribution is 0.411. The van der Waals surface area contributed by atoms with Gasteiger partial charge in [-0.2, -0.15) is 0 Å². The van der Waals surface area contributed by atoms with Gasteiger partial charge in [-0.1, -0.05) is 62.2 Å². The van der Waals surface area contributed by atoms with Crippen LogP contribution in [0.25, 0.3) is 0 Å². The van der Waals surface area contributed by atoms with E-state index in [0.717, 1.165) is 5.56 Å². The Kier molecular flexibility index (Phi) is 4.46. The van der Waals surface area contributed by atoms with Crippen LogP contribution in [0.4, 0.5) is 0 Å². The summed E-state index contributed by atoms with van der Waals surface area (Å²) in [6, 6.07) is 5.89. The molecule has 2 rings (SSSR count). The predicted octanol–water partition coefficient (Wildman–Crippen LogP) is 6.25. The Morgan fingerprint density at radius 2 is 1.71 bits per heavy atom. The van der Waals surface area contributed by atoms with Crippen molar-refractivity contribution in [3.8, 4) is 0 Å². The Bertz CT molecular complexity index is 621. The maximum absolute atomic E-state index is 6.48.